The summed E-state index contributed by atoms with van der Waals surface area (Å²) in [6, 6.07) is 3.59. The summed E-state index contributed by atoms with van der Waals surface area (Å²) >= 11 is 1.30. The molecule has 1 aliphatic rings. The standard InChI is InChI=1S/C15H14N4O4S/c20-14(11-7-16-13(24-11)10-4-2-6-22-10)19-5-1-3-9(8-19)12-17-18-15(21)23-12/h2,4,6-7,9H,1,3,5,8H2,(H,18,21). The maximum atomic E-state index is 12.7. The Hall–Kier alpha value is -2.68. The van der Waals surface area contributed by atoms with Crippen LogP contribution in [0.1, 0.15) is 34.3 Å². The van der Waals surface area contributed by atoms with Crippen molar-refractivity contribution in [3.05, 3.63) is 45.9 Å². The van der Waals surface area contributed by atoms with Crippen molar-refractivity contribution in [1.82, 2.24) is 20.1 Å². The maximum absolute atomic E-state index is 12.7. The topological polar surface area (TPSA) is 105 Å². The molecule has 24 heavy (non-hydrogen) atoms. The second-order valence-electron chi connectivity index (χ2n) is 5.55. The molecule has 0 saturated carbocycles. The highest BCUT2D eigenvalue weighted by atomic mass is 32.1. The number of hydrogen-bond donors (Lipinski definition) is 1. The van der Waals surface area contributed by atoms with Crippen LogP contribution in [0.2, 0.25) is 0 Å². The number of rotatable bonds is 3. The third-order valence-electron chi connectivity index (χ3n) is 3.96. The van der Waals surface area contributed by atoms with Crippen LogP contribution < -0.4 is 5.76 Å². The van der Waals surface area contributed by atoms with Crippen LogP contribution in [0, 0.1) is 0 Å². The van der Waals surface area contributed by atoms with E-state index in [2.05, 4.69) is 15.2 Å². The molecule has 9 heteroatoms. The molecule has 124 valence electrons. The highest BCUT2D eigenvalue weighted by Crippen LogP contribution is 2.29. The monoisotopic (exact) mass is 346 g/mol. The van der Waals surface area contributed by atoms with Gasteiger partial charge in [0.2, 0.25) is 5.89 Å². The van der Waals surface area contributed by atoms with E-state index >= 15 is 0 Å². The van der Waals surface area contributed by atoms with Crippen molar-refractivity contribution < 1.29 is 13.6 Å². The van der Waals surface area contributed by atoms with Gasteiger partial charge in [-0.3, -0.25) is 4.79 Å². The zero-order chi connectivity index (χ0) is 16.5. The van der Waals surface area contributed by atoms with Crippen molar-refractivity contribution in [2.24, 2.45) is 0 Å². The van der Waals surface area contributed by atoms with Gasteiger partial charge in [0, 0.05) is 13.1 Å². The number of aromatic amines is 1. The van der Waals surface area contributed by atoms with Crippen LogP contribution in [0.15, 0.2) is 38.2 Å². The van der Waals surface area contributed by atoms with Crippen LogP contribution in [0.5, 0.6) is 0 Å². The Morgan fingerprint density at radius 1 is 1.46 bits per heavy atom. The van der Waals surface area contributed by atoms with E-state index in [-0.39, 0.29) is 11.8 Å². The largest absolute Gasteiger partial charge is 0.462 e. The van der Waals surface area contributed by atoms with E-state index in [1.807, 2.05) is 6.07 Å². The fraction of sp³-hybridized carbons (Fsp3) is 0.333. The van der Waals surface area contributed by atoms with Gasteiger partial charge in [0.15, 0.2) is 10.8 Å². The van der Waals surface area contributed by atoms with Gasteiger partial charge in [-0.05, 0) is 25.0 Å². The van der Waals surface area contributed by atoms with Gasteiger partial charge in [0.05, 0.1) is 18.4 Å². The smallest absolute Gasteiger partial charge is 0.434 e. The van der Waals surface area contributed by atoms with Crippen molar-refractivity contribution in [3.63, 3.8) is 0 Å². The lowest BCUT2D eigenvalue weighted by Gasteiger charge is -2.30. The van der Waals surface area contributed by atoms with Gasteiger partial charge in [-0.15, -0.1) is 16.4 Å². The van der Waals surface area contributed by atoms with Gasteiger partial charge in [-0.1, -0.05) is 0 Å². The maximum Gasteiger partial charge on any atom is 0.434 e. The lowest BCUT2D eigenvalue weighted by Crippen LogP contribution is -2.38. The molecule has 0 radical (unpaired) electrons. The Bertz CT molecular complexity index is 895. The summed E-state index contributed by atoms with van der Waals surface area (Å²) in [6.45, 7) is 1.14. The predicted octanol–water partition coefficient (Wildman–Crippen LogP) is 2.10. The molecule has 0 aliphatic carbocycles. The Labute approximate surface area is 140 Å². The fourth-order valence-corrected chi connectivity index (χ4v) is 3.67. The molecule has 0 aromatic carbocycles. The van der Waals surface area contributed by atoms with Crippen LogP contribution in [0.25, 0.3) is 10.8 Å². The molecule has 1 aliphatic heterocycles. The number of furan rings is 1. The normalized spacial score (nSPS) is 18.0. The molecule has 0 bridgehead atoms. The van der Waals surface area contributed by atoms with E-state index in [1.54, 1.807) is 23.4 Å². The third-order valence-corrected chi connectivity index (χ3v) is 4.96. The van der Waals surface area contributed by atoms with E-state index in [1.165, 1.54) is 11.3 Å². The van der Waals surface area contributed by atoms with E-state index in [9.17, 15) is 9.59 Å². The quantitative estimate of drug-likeness (QED) is 0.778. The molecule has 1 N–H and O–H groups in total. The first-order chi connectivity index (χ1) is 11.7. The molecule has 1 unspecified atom stereocenters. The number of H-pyrrole nitrogens is 1. The molecule has 8 nitrogen and oxygen atoms in total. The van der Waals surface area contributed by atoms with Crippen LogP contribution in [-0.2, 0) is 0 Å². The molecular formula is C15H14N4O4S. The fourth-order valence-electron chi connectivity index (χ4n) is 2.82. The summed E-state index contributed by atoms with van der Waals surface area (Å²) in [4.78, 5) is 30.4. The lowest BCUT2D eigenvalue weighted by molar-refractivity contribution is 0.0702. The van der Waals surface area contributed by atoms with Crippen LogP contribution in [0.4, 0.5) is 0 Å². The summed E-state index contributed by atoms with van der Waals surface area (Å²) in [6.07, 6.45) is 4.81. The average Bonchev–Trinajstić information content (AvgIpc) is 3.34. The predicted molar refractivity (Wildman–Crippen MR) is 84.8 cm³/mol. The van der Waals surface area contributed by atoms with E-state index in [4.69, 9.17) is 8.83 Å². The molecule has 1 amide bonds. The summed E-state index contributed by atoms with van der Waals surface area (Å²) in [5.41, 5.74) is 0. The van der Waals surface area contributed by atoms with Crippen LogP contribution in [0.3, 0.4) is 0 Å². The minimum atomic E-state index is -0.570. The molecule has 1 fully saturated rings. The summed E-state index contributed by atoms with van der Waals surface area (Å²) in [5.74, 6) is 0.290. The Balaban J connectivity index is 1.50. The minimum Gasteiger partial charge on any atom is -0.462 e. The zero-order valence-corrected chi connectivity index (χ0v) is 13.4. The first-order valence-corrected chi connectivity index (χ1v) is 8.37. The van der Waals surface area contributed by atoms with Gasteiger partial charge in [-0.2, -0.15) is 0 Å². The Morgan fingerprint density at radius 3 is 3.12 bits per heavy atom. The molecule has 4 heterocycles. The molecule has 4 rings (SSSR count). The summed E-state index contributed by atoms with van der Waals surface area (Å²) in [5, 5.41) is 6.82. The zero-order valence-electron chi connectivity index (χ0n) is 12.6. The number of carbonyl (C=O) groups is 1. The number of hydrogen-bond acceptors (Lipinski definition) is 7. The van der Waals surface area contributed by atoms with Gasteiger partial charge in [0.25, 0.3) is 5.91 Å². The van der Waals surface area contributed by atoms with Crippen molar-refractivity contribution in [1.29, 1.82) is 0 Å². The van der Waals surface area contributed by atoms with Gasteiger partial charge in [0.1, 0.15) is 4.88 Å². The lowest BCUT2D eigenvalue weighted by atomic mass is 9.98. The third kappa shape index (κ3) is 2.78. The van der Waals surface area contributed by atoms with E-state index in [0.29, 0.717) is 34.6 Å². The van der Waals surface area contributed by atoms with Crippen molar-refractivity contribution in [2.45, 2.75) is 18.8 Å². The molecule has 3 aromatic rings. The Morgan fingerprint density at radius 2 is 2.38 bits per heavy atom. The number of thiazole rings is 1. The highest BCUT2D eigenvalue weighted by Gasteiger charge is 2.29. The van der Waals surface area contributed by atoms with Crippen molar-refractivity contribution in [3.8, 4) is 10.8 Å². The second-order valence-corrected chi connectivity index (χ2v) is 6.58. The van der Waals surface area contributed by atoms with Crippen LogP contribution >= 0.6 is 11.3 Å². The van der Waals surface area contributed by atoms with Gasteiger partial charge >= 0.3 is 5.76 Å². The number of nitrogens with one attached hydrogen (secondary N) is 1. The number of carbonyl (C=O) groups excluding carboxylic acids is 1. The molecule has 1 atom stereocenters. The van der Waals surface area contributed by atoms with E-state index < -0.39 is 5.76 Å². The SMILES string of the molecule is O=C(c1cnc(-c2ccco2)s1)N1CCCC(c2n[nH]c(=O)o2)C1. The number of amides is 1. The molecule has 1 saturated heterocycles. The number of aromatic nitrogens is 3. The first-order valence-electron chi connectivity index (χ1n) is 7.55. The van der Waals surface area contributed by atoms with Gasteiger partial charge < -0.3 is 13.7 Å². The minimum absolute atomic E-state index is 0.0703. The Kier molecular flexibility index (Phi) is 3.77. The number of likely N-dealkylation sites (tertiary alicyclic amines) is 1. The van der Waals surface area contributed by atoms with Crippen molar-refractivity contribution >= 4 is 17.2 Å². The molecule has 3 aromatic heterocycles. The average molecular weight is 346 g/mol. The van der Waals surface area contributed by atoms with Crippen LogP contribution in [-0.4, -0.2) is 39.1 Å². The highest BCUT2D eigenvalue weighted by molar-refractivity contribution is 7.16. The summed E-state index contributed by atoms with van der Waals surface area (Å²) in [7, 11) is 0. The van der Waals surface area contributed by atoms with E-state index in [0.717, 1.165) is 12.8 Å². The number of piperidine rings is 1. The van der Waals surface area contributed by atoms with Crippen molar-refractivity contribution in [2.75, 3.05) is 13.1 Å². The first kappa shape index (κ1) is 14.9. The summed E-state index contributed by atoms with van der Waals surface area (Å²) < 4.78 is 10.3. The second kappa shape index (κ2) is 6.08. The molecular weight excluding hydrogens is 332 g/mol. The molecule has 0 spiro atoms. The van der Waals surface area contributed by atoms with Gasteiger partial charge in [-0.25, -0.2) is 14.9 Å². The number of nitrogens with zero attached hydrogens (tertiary/aromatic N) is 3.